The van der Waals surface area contributed by atoms with Crippen molar-refractivity contribution in [3.05, 3.63) is 0 Å². The first kappa shape index (κ1) is 5.69. The second-order valence-corrected chi connectivity index (χ2v) is 3.18. The quantitative estimate of drug-likeness (QED) is 0.566. The fraction of sp³-hybridized carbons (Fsp3) is 1.00. The van der Waals surface area contributed by atoms with Crippen molar-refractivity contribution < 1.29 is 0 Å². The molecular formula is C7H14N2. The highest BCUT2D eigenvalue weighted by atomic mass is 15.2. The maximum atomic E-state index is 5.45. The van der Waals surface area contributed by atoms with Crippen LogP contribution in [0.2, 0.25) is 0 Å². The van der Waals surface area contributed by atoms with E-state index in [0.29, 0.717) is 0 Å². The number of nitrogens with zero attached hydrogens (tertiary/aromatic N) is 1. The van der Waals surface area contributed by atoms with Crippen molar-refractivity contribution in [2.24, 2.45) is 11.7 Å². The van der Waals surface area contributed by atoms with E-state index < -0.39 is 0 Å². The third-order valence-corrected chi connectivity index (χ3v) is 2.56. The van der Waals surface area contributed by atoms with Crippen molar-refractivity contribution >= 4 is 0 Å². The molecule has 2 heteroatoms. The molecule has 9 heavy (non-hydrogen) atoms. The first-order valence-electron chi connectivity index (χ1n) is 3.86. The molecular weight excluding hydrogens is 112 g/mol. The lowest BCUT2D eigenvalue weighted by atomic mass is 10.3. The minimum absolute atomic E-state index is 0.837. The molecule has 2 atom stereocenters. The van der Waals surface area contributed by atoms with Gasteiger partial charge < -0.3 is 5.73 Å². The zero-order valence-corrected chi connectivity index (χ0v) is 5.71. The van der Waals surface area contributed by atoms with Crippen molar-refractivity contribution in [2.45, 2.75) is 18.9 Å². The van der Waals surface area contributed by atoms with Crippen LogP contribution in [0.3, 0.4) is 0 Å². The number of hydrogen-bond donors (Lipinski definition) is 1. The van der Waals surface area contributed by atoms with Crippen LogP contribution in [-0.2, 0) is 0 Å². The summed E-state index contributed by atoms with van der Waals surface area (Å²) < 4.78 is 0. The van der Waals surface area contributed by atoms with Crippen LogP contribution in [0.25, 0.3) is 0 Å². The Labute approximate surface area is 56.0 Å². The third-order valence-electron chi connectivity index (χ3n) is 2.56. The zero-order chi connectivity index (χ0) is 6.27. The van der Waals surface area contributed by atoms with Gasteiger partial charge in [0.2, 0.25) is 0 Å². The van der Waals surface area contributed by atoms with E-state index in [-0.39, 0.29) is 0 Å². The van der Waals surface area contributed by atoms with Crippen LogP contribution in [0.1, 0.15) is 12.8 Å². The van der Waals surface area contributed by atoms with Crippen LogP contribution < -0.4 is 5.73 Å². The topological polar surface area (TPSA) is 29.3 Å². The standard InChI is InChI=1S/C7H14N2/c8-2-4-9-3-1-6-5-7(6)9/h6-7H,1-5,8H2. The summed E-state index contributed by atoms with van der Waals surface area (Å²) in [5, 5.41) is 0. The van der Waals surface area contributed by atoms with E-state index in [2.05, 4.69) is 4.90 Å². The normalized spacial score (nSPS) is 41.0. The Balaban J connectivity index is 1.84. The molecule has 2 rings (SSSR count). The van der Waals surface area contributed by atoms with Gasteiger partial charge in [-0.3, -0.25) is 4.90 Å². The molecule has 2 aliphatic rings. The molecule has 1 heterocycles. The molecule has 0 aromatic carbocycles. The molecule has 52 valence electrons. The number of piperidine rings is 1. The van der Waals surface area contributed by atoms with Gasteiger partial charge in [0, 0.05) is 19.1 Å². The van der Waals surface area contributed by atoms with Crippen LogP contribution in [0.15, 0.2) is 0 Å². The second kappa shape index (κ2) is 1.96. The summed E-state index contributed by atoms with van der Waals surface area (Å²) in [4.78, 5) is 2.53. The molecule has 1 saturated carbocycles. The molecule has 1 aliphatic heterocycles. The Hall–Kier alpha value is -0.0800. The van der Waals surface area contributed by atoms with E-state index in [9.17, 15) is 0 Å². The van der Waals surface area contributed by atoms with Crippen molar-refractivity contribution in [1.82, 2.24) is 4.90 Å². The molecule has 0 spiro atoms. The monoisotopic (exact) mass is 126 g/mol. The Morgan fingerprint density at radius 2 is 2.44 bits per heavy atom. The van der Waals surface area contributed by atoms with Gasteiger partial charge in [-0.2, -0.15) is 0 Å². The second-order valence-electron chi connectivity index (χ2n) is 3.18. The maximum absolute atomic E-state index is 5.45. The molecule has 0 aromatic rings. The lowest BCUT2D eigenvalue weighted by Gasteiger charge is -2.14. The zero-order valence-electron chi connectivity index (χ0n) is 5.71. The van der Waals surface area contributed by atoms with Gasteiger partial charge in [-0.25, -0.2) is 0 Å². The van der Waals surface area contributed by atoms with Crippen molar-refractivity contribution in [3.63, 3.8) is 0 Å². The van der Waals surface area contributed by atoms with Crippen LogP contribution in [0.5, 0.6) is 0 Å². The Morgan fingerprint density at radius 1 is 1.56 bits per heavy atom. The largest absolute Gasteiger partial charge is 0.329 e. The molecule has 2 nitrogen and oxygen atoms in total. The highest BCUT2D eigenvalue weighted by Crippen LogP contribution is 2.43. The minimum Gasteiger partial charge on any atom is -0.329 e. The Bertz CT molecular complexity index is 113. The fourth-order valence-electron chi connectivity index (χ4n) is 1.93. The smallest absolute Gasteiger partial charge is 0.0128 e. The summed E-state index contributed by atoms with van der Waals surface area (Å²) >= 11 is 0. The number of likely N-dealkylation sites (tertiary alicyclic amines) is 1. The molecule has 0 aromatic heterocycles. The van der Waals surface area contributed by atoms with Gasteiger partial charge in [0.05, 0.1) is 0 Å². The summed E-state index contributed by atoms with van der Waals surface area (Å²) in [6, 6.07) is 0.952. The van der Waals surface area contributed by atoms with Gasteiger partial charge in [0.1, 0.15) is 0 Å². The molecule has 1 aliphatic carbocycles. The summed E-state index contributed by atoms with van der Waals surface area (Å²) in [7, 11) is 0. The van der Waals surface area contributed by atoms with Crippen LogP contribution in [0, 0.1) is 5.92 Å². The van der Waals surface area contributed by atoms with Crippen molar-refractivity contribution in [3.8, 4) is 0 Å². The van der Waals surface area contributed by atoms with E-state index in [1.54, 1.807) is 0 Å². The van der Waals surface area contributed by atoms with Gasteiger partial charge in [-0.05, 0) is 25.3 Å². The van der Waals surface area contributed by atoms with Gasteiger partial charge in [0.25, 0.3) is 0 Å². The van der Waals surface area contributed by atoms with Gasteiger partial charge in [-0.1, -0.05) is 0 Å². The van der Waals surface area contributed by atoms with E-state index in [1.165, 1.54) is 19.4 Å². The molecule has 0 radical (unpaired) electrons. The van der Waals surface area contributed by atoms with Crippen LogP contribution >= 0.6 is 0 Å². The first-order chi connectivity index (χ1) is 4.42. The van der Waals surface area contributed by atoms with Gasteiger partial charge in [-0.15, -0.1) is 0 Å². The summed E-state index contributed by atoms with van der Waals surface area (Å²) in [6.45, 7) is 3.27. The van der Waals surface area contributed by atoms with E-state index in [0.717, 1.165) is 25.0 Å². The molecule has 2 unspecified atom stereocenters. The minimum atomic E-state index is 0.837. The summed E-state index contributed by atoms with van der Waals surface area (Å²) in [5.74, 6) is 1.07. The summed E-state index contributed by atoms with van der Waals surface area (Å²) in [5.41, 5.74) is 5.45. The Morgan fingerprint density at radius 3 is 2.89 bits per heavy atom. The van der Waals surface area contributed by atoms with E-state index in [4.69, 9.17) is 5.73 Å². The number of rotatable bonds is 2. The molecule has 0 bridgehead atoms. The molecule has 2 fully saturated rings. The Kier molecular flexibility index (Phi) is 1.24. The average molecular weight is 126 g/mol. The highest BCUT2D eigenvalue weighted by molar-refractivity contribution is 5.00. The maximum Gasteiger partial charge on any atom is 0.0128 e. The first-order valence-corrected chi connectivity index (χ1v) is 3.86. The average Bonchev–Trinajstić information content (AvgIpc) is 2.54. The van der Waals surface area contributed by atoms with Crippen LogP contribution in [-0.4, -0.2) is 30.6 Å². The van der Waals surface area contributed by atoms with Gasteiger partial charge in [0.15, 0.2) is 0 Å². The molecule has 2 N–H and O–H groups in total. The third kappa shape index (κ3) is 0.864. The van der Waals surface area contributed by atoms with E-state index >= 15 is 0 Å². The number of nitrogens with two attached hydrogens (primary N) is 1. The van der Waals surface area contributed by atoms with Crippen molar-refractivity contribution in [1.29, 1.82) is 0 Å². The summed E-state index contributed by atoms with van der Waals surface area (Å²) in [6.07, 6.45) is 2.89. The predicted octanol–water partition coefficient (Wildman–Crippen LogP) is 0.0393. The number of hydrogen-bond acceptors (Lipinski definition) is 2. The van der Waals surface area contributed by atoms with Crippen LogP contribution in [0.4, 0.5) is 0 Å². The lowest BCUT2D eigenvalue weighted by Crippen LogP contribution is -2.29. The lowest BCUT2D eigenvalue weighted by molar-refractivity contribution is 0.308. The fourth-order valence-corrected chi connectivity index (χ4v) is 1.93. The van der Waals surface area contributed by atoms with Crippen molar-refractivity contribution in [2.75, 3.05) is 19.6 Å². The number of fused-ring (bicyclic) bond motifs is 1. The molecule has 1 saturated heterocycles. The SMILES string of the molecule is NCCN1CCC2CC21. The molecule has 0 amide bonds. The van der Waals surface area contributed by atoms with Gasteiger partial charge >= 0.3 is 0 Å². The highest BCUT2D eigenvalue weighted by Gasteiger charge is 2.45. The van der Waals surface area contributed by atoms with E-state index in [1.807, 2.05) is 0 Å². The predicted molar refractivity (Wildman–Crippen MR) is 37.1 cm³/mol.